The van der Waals surface area contributed by atoms with Gasteiger partial charge in [-0.3, -0.25) is 9.59 Å². The monoisotopic (exact) mass is 292 g/mol. The summed E-state index contributed by atoms with van der Waals surface area (Å²) < 4.78 is 0. The van der Waals surface area contributed by atoms with Crippen LogP contribution >= 0.6 is 11.6 Å². The van der Waals surface area contributed by atoms with Crippen LogP contribution in [0.5, 0.6) is 0 Å². The van der Waals surface area contributed by atoms with Gasteiger partial charge in [0.25, 0.3) is 0 Å². The summed E-state index contributed by atoms with van der Waals surface area (Å²) in [6.07, 6.45) is 2.47. The molecule has 1 saturated heterocycles. The fourth-order valence-electron chi connectivity index (χ4n) is 2.23. The van der Waals surface area contributed by atoms with Crippen molar-refractivity contribution in [3.63, 3.8) is 0 Å². The first kappa shape index (κ1) is 14.6. The van der Waals surface area contributed by atoms with Gasteiger partial charge in [-0.25, -0.2) is 0 Å². The van der Waals surface area contributed by atoms with Crippen LogP contribution in [0, 0.1) is 0 Å². The Bertz CT molecular complexity index is 513. The third-order valence-electron chi connectivity index (χ3n) is 3.42. The van der Waals surface area contributed by atoms with Crippen molar-refractivity contribution < 1.29 is 9.59 Å². The van der Waals surface area contributed by atoms with Crippen LogP contribution in [0.2, 0.25) is 5.02 Å². The maximum atomic E-state index is 12.1. The molecular formula is C15H17ClN2O2. The van der Waals surface area contributed by atoms with Crippen molar-refractivity contribution in [1.29, 1.82) is 0 Å². The van der Waals surface area contributed by atoms with Crippen molar-refractivity contribution in [2.45, 2.75) is 18.9 Å². The smallest absolute Gasteiger partial charge is 0.243 e. The summed E-state index contributed by atoms with van der Waals surface area (Å²) in [6, 6.07) is 7.71. The number of hydrogen-bond donors (Lipinski definition) is 1. The van der Waals surface area contributed by atoms with Gasteiger partial charge in [0.15, 0.2) is 0 Å². The molecule has 2 amide bonds. The van der Waals surface area contributed by atoms with Crippen LogP contribution in [0.15, 0.2) is 36.9 Å². The average molecular weight is 293 g/mol. The third-order valence-corrected chi connectivity index (χ3v) is 3.67. The SMILES string of the molecule is C=CC(=O)NCCC(=O)N1CCC1c1ccc(Cl)cc1. The zero-order valence-electron chi connectivity index (χ0n) is 11.1. The van der Waals surface area contributed by atoms with Gasteiger partial charge < -0.3 is 10.2 Å². The van der Waals surface area contributed by atoms with E-state index in [2.05, 4.69) is 11.9 Å². The van der Waals surface area contributed by atoms with Crippen LogP contribution in [0.25, 0.3) is 0 Å². The van der Waals surface area contributed by atoms with E-state index >= 15 is 0 Å². The molecule has 0 saturated carbocycles. The summed E-state index contributed by atoms with van der Waals surface area (Å²) in [5.41, 5.74) is 1.10. The lowest BCUT2D eigenvalue weighted by molar-refractivity contribution is -0.139. The molecule has 0 aromatic heterocycles. The molecule has 0 spiro atoms. The molecule has 0 bridgehead atoms. The minimum atomic E-state index is -0.254. The van der Waals surface area contributed by atoms with Crippen LogP contribution < -0.4 is 5.32 Å². The average Bonchev–Trinajstić information content (AvgIpc) is 2.39. The number of nitrogens with one attached hydrogen (secondary N) is 1. The van der Waals surface area contributed by atoms with Gasteiger partial charge in [-0.05, 0) is 30.2 Å². The number of halogens is 1. The molecule has 2 rings (SSSR count). The first-order chi connectivity index (χ1) is 9.61. The van der Waals surface area contributed by atoms with E-state index in [9.17, 15) is 9.59 Å². The van der Waals surface area contributed by atoms with Crippen LogP contribution in [-0.2, 0) is 9.59 Å². The molecule has 1 aromatic rings. The second-order valence-electron chi connectivity index (χ2n) is 4.69. The molecule has 5 heteroatoms. The Hall–Kier alpha value is -1.81. The Morgan fingerprint density at radius 1 is 1.40 bits per heavy atom. The van der Waals surface area contributed by atoms with E-state index in [4.69, 9.17) is 11.6 Å². The standard InChI is InChI=1S/C15H17ClN2O2/c1-2-14(19)17-9-7-15(20)18-10-8-13(18)11-3-5-12(16)6-4-11/h2-6,13H,1,7-10H2,(H,17,19). The van der Waals surface area contributed by atoms with E-state index in [1.807, 2.05) is 29.2 Å². The maximum Gasteiger partial charge on any atom is 0.243 e. The lowest BCUT2D eigenvalue weighted by Gasteiger charge is -2.41. The maximum absolute atomic E-state index is 12.1. The van der Waals surface area contributed by atoms with E-state index in [-0.39, 0.29) is 17.9 Å². The van der Waals surface area contributed by atoms with Gasteiger partial charge >= 0.3 is 0 Å². The summed E-state index contributed by atoms with van der Waals surface area (Å²) in [7, 11) is 0. The highest BCUT2D eigenvalue weighted by atomic mass is 35.5. The van der Waals surface area contributed by atoms with Crippen molar-refractivity contribution in [1.82, 2.24) is 10.2 Å². The Morgan fingerprint density at radius 2 is 2.10 bits per heavy atom. The molecule has 106 valence electrons. The molecule has 1 unspecified atom stereocenters. The summed E-state index contributed by atoms with van der Waals surface area (Å²) in [5, 5.41) is 3.30. The Kier molecular flexibility index (Phi) is 4.79. The predicted octanol–water partition coefficient (Wildman–Crippen LogP) is 2.31. The Labute approximate surface area is 123 Å². The molecule has 0 aliphatic carbocycles. The van der Waals surface area contributed by atoms with E-state index in [0.717, 1.165) is 18.5 Å². The Balaban J connectivity index is 1.86. The molecule has 0 radical (unpaired) electrons. The number of hydrogen-bond acceptors (Lipinski definition) is 2. The minimum Gasteiger partial charge on any atom is -0.352 e. The molecule has 4 nitrogen and oxygen atoms in total. The van der Waals surface area contributed by atoms with Crippen molar-refractivity contribution >= 4 is 23.4 Å². The van der Waals surface area contributed by atoms with Crippen molar-refractivity contribution in [2.24, 2.45) is 0 Å². The lowest BCUT2D eigenvalue weighted by atomic mass is 9.94. The van der Waals surface area contributed by atoms with Crippen LogP contribution in [0.3, 0.4) is 0 Å². The van der Waals surface area contributed by atoms with Crippen molar-refractivity contribution in [2.75, 3.05) is 13.1 Å². The Morgan fingerprint density at radius 3 is 2.65 bits per heavy atom. The van der Waals surface area contributed by atoms with Crippen LogP contribution in [0.4, 0.5) is 0 Å². The summed E-state index contributed by atoms with van der Waals surface area (Å²) >= 11 is 5.86. The second kappa shape index (κ2) is 6.57. The molecule has 20 heavy (non-hydrogen) atoms. The number of benzene rings is 1. The van der Waals surface area contributed by atoms with Crippen LogP contribution in [0.1, 0.15) is 24.4 Å². The molecule has 1 atom stereocenters. The number of carbonyl (C=O) groups excluding carboxylic acids is 2. The third kappa shape index (κ3) is 3.39. The molecule has 1 aromatic carbocycles. The van der Waals surface area contributed by atoms with Crippen LogP contribution in [-0.4, -0.2) is 29.8 Å². The van der Waals surface area contributed by atoms with E-state index in [1.54, 1.807) is 0 Å². The highest BCUT2D eigenvalue weighted by Crippen LogP contribution is 2.34. The normalized spacial score (nSPS) is 17.2. The van der Waals surface area contributed by atoms with Gasteiger partial charge in [0.1, 0.15) is 0 Å². The number of rotatable bonds is 5. The van der Waals surface area contributed by atoms with Gasteiger partial charge in [-0.15, -0.1) is 0 Å². The van der Waals surface area contributed by atoms with Gasteiger partial charge in [0, 0.05) is 24.5 Å². The van der Waals surface area contributed by atoms with E-state index < -0.39 is 0 Å². The van der Waals surface area contributed by atoms with E-state index in [0.29, 0.717) is 18.0 Å². The molecule has 1 aliphatic heterocycles. The van der Waals surface area contributed by atoms with Gasteiger partial charge in [0.05, 0.1) is 6.04 Å². The second-order valence-corrected chi connectivity index (χ2v) is 5.12. The lowest BCUT2D eigenvalue weighted by Crippen LogP contribution is -2.46. The molecular weight excluding hydrogens is 276 g/mol. The predicted molar refractivity (Wildman–Crippen MR) is 78.3 cm³/mol. The zero-order valence-corrected chi connectivity index (χ0v) is 11.9. The van der Waals surface area contributed by atoms with Gasteiger partial charge in [-0.1, -0.05) is 30.3 Å². The highest BCUT2D eigenvalue weighted by molar-refractivity contribution is 6.30. The van der Waals surface area contributed by atoms with Gasteiger partial charge in [-0.2, -0.15) is 0 Å². The number of likely N-dealkylation sites (tertiary alicyclic amines) is 1. The quantitative estimate of drug-likeness (QED) is 0.847. The zero-order chi connectivity index (χ0) is 14.5. The summed E-state index contributed by atoms with van der Waals surface area (Å²) in [4.78, 5) is 24.9. The fraction of sp³-hybridized carbons (Fsp3) is 0.333. The summed E-state index contributed by atoms with van der Waals surface area (Å²) in [6.45, 7) is 4.47. The topological polar surface area (TPSA) is 49.4 Å². The minimum absolute atomic E-state index is 0.0561. The number of nitrogens with zero attached hydrogens (tertiary/aromatic N) is 1. The first-order valence-corrected chi connectivity index (χ1v) is 6.95. The molecule has 1 fully saturated rings. The number of carbonyl (C=O) groups is 2. The van der Waals surface area contributed by atoms with Gasteiger partial charge in [0.2, 0.25) is 11.8 Å². The van der Waals surface area contributed by atoms with E-state index in [1.165, 1.54) is 6.08 Å². The molecule has 1 N–H and O–H groups in total. The van der Waals surface area contributed by atoms with Crippen molar-refractivity contribution in [3.05, 3.63) is 47.5 Å². The largest absolute Gasteiger partial charge is 0.352 e. The molecule has 1 heterocycles. The first-order valence-electron chi connectivity index (χ1n) is 6.57. The van der Waals surface area contributed by atoms with Crippen molar-refractivity contribution in [3.8, 4) is 0 Å². The highest BCUT2D eigenvalue weighted by Gasteiger charge is 2.32. The molecule has 1 aliphatic rings. The summed E-state index contributed by atoms with van der Waals surface area (Å²) in [5.74, 6) is -0.198. The number of amides is 2. The fourth-order valence-corrected chi connectivity index (χ4v) is 2.35.